The number of pyridine rings is 1. The van der Waals surface area contributed by atoms with E-state index < -0.39 is 5.97 Å². The van der Waals surface area contributed by atoms with Crippen molar-refractivity contribution < 1.29 is 9.90 Å². The molecular formula is C12H8ClN3O2S. The van der Waals surface area contributed by atoms with Gasteiger partial charge in [0.25, 0.3) is 0 Å². The fourth-order valence-electron chi connectivity index (χ4n) is 1.87. The van der Waals surface area contributed by atoms with E-state index in [4.69, 9.17) is 16.7 Å². The maximum atomic E-state index is 11.0. The summed E-state index contributed by atoms with van der Waals surface area (Å²) >= 11 is 7.39. The van der Waals surface area contributed by atoms with E-state index in [1.807, 2.05) is 17.5 Å². The normalized spacial score (nSPS) is 11.0. The molecule has 0 amide bonds. The zero-order valence-electron chi connectivity index (χ0n) is 9.58. The van der Waals surface area contributed by atoms with Crippen LogP contribution in [0.15, 0.2) is 29.8 Å². The van der Waals surface area contributed by atoms with Crippen LogP contribution < -0.4 is 0 Å². The molecule has 19 heavy (non-hydrogen) atoms. The first-order chi connectivity index (χ1) is 9.15. The summed E-state index contributed by atoms with van der Waals surface area (Å²) in [5, 5.41) is 11.4. The summed E-state index contributed by atoms with van der Waals surface area (Å²) in [6, 6.07) is 5.47. The van der Waals surface area contributed by atoms with Crippen molar-refractivity contribution in [3.05, 3.63) is 34.8 Å². The standard InChI is InChI=1S/C12H8ClN3O2S/c13-7-4-8-11(14-5-7)16(6-10(17)18)12(15-8)9-2-1-3-19-9/h1-5H,6H2,(H,17,18). The quantitative estimate of drug-likeness (QED) is 0.806. The van der Waals surface area contributed by atoms with Gasteiger partial charge in [-0.3, -0.25) is 9.36 Å². The Labute approximate surface area is 117 Å². The molecule has 1 N–H and O–H groups in total. The number of fused-ring (bicyclic) bond motifs is 1. The third kappa shape index (κ3) is 2.20. The number of rotatable bonds is 3. The van der Waals surface area contributed by atoms with Crippen molar-refractivity contribution in [2.24, 2.45) is 0 Å². The molecule has 3 heterocycles. The van der Waals surface area contributed by atoms with Gasteiger partial charge in [-0.2, -0.15) is 0 Å². The second-order valence-electron chi connectivity index (χ2n) is 3.89. The van der Waals surface area contributed by atoms with Gasteiger partial charge >= 0.3 is 5.97 Å². The minimum absolute atomic E-state index is 0.182. The van der Waals surface area contributed by atoms with E-state index >= 15 is 0 Å². The van der Waals surface area contributed by atoms with Gasteiger partial charge in [-0.25, -0.2) is 9.97 Å². The summed E-state index contributed by atoms with van der Waals surface area (Å²) in [6.45, 7) is -0.182. The highest BCUT2D eigenvalue weighted by Crippen LogP contribution is 2.28. The third-order valence-corrected chi connectivity index (χ3v) is 3.66. The van der Waals surface area contributed by atoms with Crippen molar-refractivity contribution in [3.8, 4) is 10.7 Å². The highest BCUT2D eigenvalue weighted by atomic mass is 35.5. The second-order valence-corrected chi connectivity index (χ2v) is 5.27. The van der Waals surface area contributed by atoms with E-state index in [0.717, 1.165) is 4.88 Å². The van der Waals surface area contributed by atoms with Crippen LogP contribution in [-0.4, -0.2) is 25.6 Å². The van der Waals surface area contributed by atoms with E-state index in [2.05, 4.69) is 9.97 Å². The number of hydrogen-bond donors (Lipinski definition) is 1. The molecule has 0 atom stereocenters. The van der Waals surface area contributed by atoms with Crippen LogP contribution in [0, 0.1) is 0 Å². The molecule has 96 valence electrons. The lowest BCUT2D eigenvalue weighted by atomic mass is 10.4. The fourth-order valence-corrected chi connectivity index (χ4v) is 2.74. The molecule has 0 radical (unpaired) electrons. The summed E-state index contributed by atoms with van der Waals surface area (Å²) in [4.78, 5) is 20.5. The number of carboxylic acids is 1. The van der Waals surface area contributed by atoms with Crippen molar-refractivity contribution >= 4 is 40.1 Å². The molecule has 0 saturated heterocycles. The average Bonchev–Trinajstić information content (AvgIpc) is 2.96. The maximum absolute atomic E-state index is 11.0. The van der Waals surface area contributed by atoms with Gasteiger partial charge in [-0.05, 0) is 17.5 Å². The molecule has 3 rings (SSSR count). The predicted molar refractivity (Wildman–Crippen MR) is 73.5 cm³/mol. The third-order valence-electron chi connectivity index (χ3n) is 2.59. The zero-order chi connectivity index (χ0) is 13.4. The number of aliphatic carboxylic acids is 1. The van der Waals surface area contributed by atoms with Gasteiger partial charge in [-0.15, -0.1) is 11.3 Å². The van der Waals surface area contributed by atoms with Gasteiger partial charge in [0, 0.05) is 6.20 Å². The molecule has 5 nitrogen and oxygen atoms in total. The molecule has 0 aliphatic rings. The van der Waals surface area contributed by atoms with Crippen LogP contribution in [-0.2, 0) is 11.3 Å². The second kappa shape index (κ2) is 4.64. The minimum atomic E-state index is -0.936. The number of halogens is 1. The Hall–Kier alpha value is -1.92. The number of nitrogens with zero attached hydrogens (tertiary/aromatic N) is 3. The van der Waals surface area contributed by atoms with Gasteiger partial charge in [0.15, 0.2) is 11.5 Å². The Morgan fingerprint density at radius 1 is 1.53 bits per heavy atom. The number of thiophene rings is 1. The van der Waals surface area contributed by atoms with Gasteiger partial charge in [-0.1, -0.05) is 17.7 Å². The first-order valence-electron chi connectivity index (χ1n) is 5.42. The summed E-state index contributed by atoms with van der Waals surface area (Å²) in [7, 11) is 0. The molecule has 0 saturated carbocycles. The molecule has 0 aliphatic carbocycles. The van der Waals surface area contributed by atoms with E-state index in [-0.39, 0.29) is 6.54 Å². The first-order valence-corrected chi connectivity index (χ1v) is 6.68. The fraction of sp³-hybridized carbons (Fsp3) is 0.0833. The smallest absolute Gasteiger partial charge is 0.323 e. The largest absolute Gasteiger partial charge is 0.480 e. The molecule has 0 unspecified atom stereocenters. The highest BCUT2D eigenvalue weighted by Gasteiger charge is 2.16. The van der Waals surface area contributed by atoms with Crippen LogP contribution in [0.1, 0.15) is 0 Å². The van der Waals surface area contributed by atoms with Crippen molar-refractivity contribution in [2.45, 2.75) is 6.54 Å². The first kappa shape index (κ1) is 12.1. The van der Waals surface area contributed by atoms with Crippen molar-refractivity contribution in [2.75, 3.05) is 0 Å². The van der Waals surface area contributed by atoms with Crippen molar-refractivity contribution in [1.29, 1.82) is 0 Å². The zero-order valence-corrected chi connectivity index (χ0v) is 11.1. The lowest BCUT2D eigenvalue weighted by molar-refractivity contribution is -0.137. The van der Waals surface area contributed by atoms with E-state index in [0.29, 0.717) is 22.0 Å². The predicted octanol–water partition coefficient (Wildman–Crippen LogP) is 2.90. The molecule has 7 heteroatoms. The van der Waals surface area contributed by atoms with Crippen LogP contribution in [0.25, 0.3) is 21.9 Å². The topological polar surface area (TPSA) is 68.0 Å². The molecule has 0 aromatic carbocycles. The van der Waals surface area contributed by atoms with E-state index in [9.17, 15) is 4.79 Å². The molecule has 0 bridgehead atoms. The van der Waals surface area contributed by atoms with Gasteiger partial charge in [0.05, 0.1) is 9.90 Å². The summed E-state index contributed by atoms with van der Waals surface area (Å²) in [5.74, 6) is -0.337. The van der Waals surface area contributed by atoms with Gasteiger partial charge < -0.3 is 5.11 Å². The Morgan fingerprint density at radius 3 is 3.05 bits per heavy atom. The van der Waals surface area contributed by atoms with Crippen LogP contribution >= 0.6 is 22.9 Å². The van der Waals surface area contributed by atoms with E-state index in [1.165, 1.54) is 17.5 Å². The Kier molecular flexibility index (Phi) is 2.96. The lowest BCUT2D eigenvalue weighted by Gasteiger charge is -2.03. The van der Waals surface area contributed by atoms with Crippen LogP contribution in [0.5, 0.6) is 0 Å². The van der Waals surface area contributed by atoms with Gasteiger partial charge in [0.1, 0.15) is 12.1 Å². The highest BCUT2D eigenvalue weighted by molar-refractivity contribution is 7.13. The molecule has 0 fully saturated rings. The lowest BCUT2D eigenvalue weighted by Crippen LogP contribution is -2.10. The summed E-state index contributed by atoms with van der Waals surface area (Å²) in [6.07, 6.45) is 1.49. The number of hydrogen-bond acceptors (Lipinski definition) is 4. The Balaban J connectivity index is 2.27. The van der Waals surface area contributed by atoms with Crippen molar-refractivity contribution in [3.63, 3.8) is 0 Å². The summed E-state index contributed by atoms with van der Waals surface area (Å²) < 4.78 is 1.58. The SMILES string of the molecule is O=C(O)Cn1c(-c2cccs2)nc2cc(Cl)cnc21. The molecular weight excluding hydrogens is 286 g/mol. The van der Waals surface area contributed by atoms with Crippen LogP contribution in [0.4, 0.5) is 0 Å². The molecule has 0 spiro atoms. The maximum Gasteiger partial charge on any atom is 0.323 e. The minimum Gasteiger partial charge on any atom is -0.480 e. The number of carboxylic acid groups (broad SMARTS) is 1. The molecule has 3 aromatic rings. The van der Waals surface area contributed by atoms with E-state index in [1.54, 1.807) is 10.6 Å². The number of aromatic nitrogens is 3. The van der Waals surface area contributed by atoms with Crippen LogP contribution in [0.2, 0.25) is 5.02 Å². The van der Waals surface area contributed by atoms with Gasteiger partial charge in [0.2, 0.25) is 0 Å². The summed E-state index contributed by atoms with van der Waals surface area (Å²) in [5.41, 5.74) is 1.12. The molecule has 3 aromatic heterocycles. The van der Waals surface area contributed by atoms with Crippen LogP contribution in [0.3, 0.4) is 0 Å². The number of imidazole rings is 1. The number of carbonyl (C=O) groups is 1. The average molecular weight is 294 g/mol. The Bertz CT molecular complexity index is 752. The van der Waals surface area contributed by atoms with Crippen molar-refractivity contribution in [1.82, 2.24) is 14.5 Å². The molecule has 0 aliphatic heterocycles. The Morgan fingerprint density at radius 2 is 2.37 bits per heavy atom. The monoisotopic (exact) mass is 293 g/mol.